The molecule has 2 aliphatic rings. The molecule has 2 unspecified atom stereocenters. The Morgan fingerprint density at radius 1 is 1.23 bits per heavy atom. The van der Waals surface area contributed by atoms with Gasteiger partial charge in [-0.3, -0.25) is 9.59 Å². The van der Waals surface area contributed by atoms with Crippen LogP contribution in [0.15, 0.2) is 48.5 Å². The first-order valence-electron chi connectivity index (χ1n) is 10.7. The monoisotopic (exact) mass is 408 g/mol. The van der Waals surface area contributed by atoms with E-state index in [-0.39, 0.29) is 30.3 Å². The third kappa shape index (κ3) is 4.82. The molecule has 0 radical (unpaired) electrons. The Hall–Kier alpha value is -2.86. The zero-order chi connectivity index (χ0) is 20.9. The molecule has 2 aromatic rings. The lowest BCUT2D eigenvalue weighted by Gasteiger charge is -2.17. The van der Waals surface area contributed by atoms with Gasteiger partial charge in [0.15, 0.2) is 0 Å². The van der Waals surface area contributed by atoms with Crippen LogP contribution in [-0.4, -0.2) is 37.7 Å². The average molecular weight is 408 g/mol. The van der Waals surface area contributed by atoms with Crippen molar-refractivity contribution in [1.82, 2.24) is 0 Å². The normalized spacial score (nSPS) is 21.1. The fraction of sp³-hybridized carbons (Fsp3) is 0.417. The highest BCUT2D eigenvalue weighted by Crippen LogP contribution is 2.27. The van der Waals surface area contributed by atoms with Crippen LogP contribution in [0.4, 0.5) is 11.4 Å². The summed E-state index contributed by atoms with van der Waals surface area (Å²) >= 11 is 0. The van der Waals surface area contributed by atoms with Crippen LogP contribution in [-0.2, 0) is 20.7 Å². The molecule has 2 saturated heterocycles. The Morgan fingerprint density at radius 3 is 2.80 bits per heavy atom. The first kappa shape index (κ1) is 20.4. The number of nitrogens with zero attached hydrogens (tertiary/aromatic N) is 1. The largest absolute Gasteiger partial charge is 0.491 e. The summed E-state index contributed by atoms with van der Waals surface area (Å²) in [6.07, 6.45) is 3.41. The third-order valence-corrected chi connectivity index (χ3v) is 5.71. The van der Waals surface area contributed by atoms with Crippen molar-refractivity contribution in [2.24, 2.45) is 5.92 Å². The molecule has 6 nitrogen and oxygen atoms in total. The Balaban J connectivity index is 1.34. The van der Waals surface area contributed by atoms with Crippen molar-refractivity contribution in [2.75, 3.05) is 30.0 Å². The molecule has 2 heterocycles. The summed E-state index contributed by atoms with van der Waals surface area (Å²) in [5.41, 5.74) is 2.74. The summed E-state index contributed by atoms with van der Waals surface area (Å²) in [6, 6.07) is 15.3. The molecule has 2 amide bonds. The SMILES string of the molecule is CCc1ccc(N2CC(C(=O)Nc3cccc(OCC4CCCO4)c3)CC2=O)cc1. The highest BCUT2D eigenvalue weighted by Gasteiger charge is 2.35. The number of benzene rings is 2. The minimum atomic E-state index is -0.375. The number of carbonyl (C=O) groups excluding carboxylic acids is 2. The molecule has 2 fully saturated rings. The van der Waals surface area contributed by atoms with E-state index >= 15 is 0 Å². The molecular formula is C24H28N2O4. The van der Waals surface area contributed by atoms with Gasteiger partial charge >= 0.3 is 0 Å². The fourth-order valence-corrected chi connectivity index (χ4v) is 3.92. The number of rotatable bonds is 7. The summed E-state index contributed by atoms with van der Waals surface area (Å²) in [5.74, 6) is 0.156. The van der Waals surface area contributed by atoms with Gasteiger partial charge in [-0.05, 0) is 49.1 Å². The average Bonchev–Trinajstić information content (AvgIpc) is 3.42. The highest BCUT2D eigenvalue weighted by atomic mass is 16.5. The Bertz CT molecular complexity index is 890. The zero-order valence-electron chi connectivity index (χ0n) is 17.3. The molecule has 1 N–H and O–H groups in total. The van der Waals surface area contributed by atoms with Crippen LogP contribution in [0.25, 0.3) is 0 Å². The number of carbonyl (C=O) groups is 2. The summed E-state index contributed by atoms with van der Waals surface area (Å²) in [4.78, 5) is 26.9. The molecule has 2 aromatic carbocycles. The summed E-state index contributed by atoms with van der Waals surface area (Å²) < 4.78 is 11.4. The van der Waals surface area contributed by atoms with Gasteiger partial charge in [-0.15, -0.1) is 0 Å². The van der Waals surface area contributed by atoms with Crippen molar-refractivity contribution < 1.29 is 19.1 Å². The van der Waals surface area contributed by atoms with Crippen LogP contribution in [0.2, 0.25) is 0 Å². The van der Waals surface area contributed by atoms with Gasteiger partial charge in [0, 0.05) is 37.0 Å². The Morgan fingerprint density at radius 2 is 2.07 bits per heavy atom. The quantitative estimate of drug-likeness (QED) is 0.757. The lowest BCUT2D eigenvalue weighted by Crippen LogP contribution is -2.28. The molecule has 2 atom stereocenters. The number of ether oxygens (including phenoxy) is 2. The number of hydrogen-bond acceptors (Lipinski definition) is 4. The first-order valence-corrected chi connectivity index (χ1v) is 10.7. The van der Waals surface area contributed by atoms with Crippen LogP contribution in [0.5, 0.6) is 5.75 Å². The van der Waals surface area contributed by atoms with Crippen molar-refractivity contribution in [1.29, 1.82) is 0 Å². The maximum absolute atomic E-state index is 12.8. The Kier molecular flexibility index (Phi) is 6.33. The van der Waals surface area contributed by atoms with E-state index in [1.807, 2.05) is 48.5 Å². The van der Waals surface area contributed by atoms with Gasteiger partial charge in [-0.2, -0.15) is 0 Å². The van der Waals surface area contributed by atoms with Crippen LogP contribution in [0, 0.1) is 5.92 Å². The van der Waals surface area contributed by atoms with E-state index in [9.17, 15) is 9.59 Å². The van der Waals surface area contributed by atoms with E-state index in [4.69, 9.17) is 9.47 Å². The van der Waals surface area contributed by atoms with Gasteiger partial charge in [0.05, 0.1) is 12.0 Å². The number of amides is 2. The van der Waals surface area contributed by atoms with Gasteiger partial charge in [0.25, 0.3) is 0 Å². The lowest BCUT2D eigenvalue weighted by molar-refractivity contribution is -0.122. The molecule has 0 spiro atoms. The number of anilines is 2. The molecule has 4 rings (SSSR count). The van der Waals surface area contributed by atoms with Crippen molar-refractivity contribution >= 4 is 23.2 Å². The second-order valence-corrected chi connectivity index (χ2v) is 7.89. The molecule has 30 heavy (non-hydrogen) atoms. The van der Waals surface area contributed by atoms with Crippen LogP contribution in [0.3, 0.4) is 0 Å². The van der Waals surface area contributed by atoms with E-state index in [1.54, 1.807) is 4.90 Å². The van der Waals surface area contributed by atoms with Gasteiger partial charge in [0.1, 0.15) is 12.4 Å². The second-order valence-electron chi connectivity index (χ2n) is 7.89. The van der Waals surface area contributed by atoms with Gasteiger partial charge in [0.2, 0.25) is 11.8 Å². The smallest absolute Gasteiger partial charge is 0.229 e. The van der Waals surface area contributed by atoms with Crippen LogP contribution >= 0.6 is 0 Å². The third-order valence-electron chi connectivity index (χ3n) is 5.71. The van der Waals surface area contributed by atoms with E-state index in [0.29, 0.717) is 24.6 Å². The Labute approximate surface area is 177 Å². The summed E-state index contributed by atoms with van der Waals surface area (Å²) in [7, 11) is 0. The van der Waals surface area contributed by atoms with E-state index in [2.05, 4.69) is 12.2 Å². The molecule has 158 valence electrons. The number of nitrogens with one attached hydrogen (secondary N) is 1. The van der Waals surface area contributed by atoms with E-state index in [1.165, 1.54) is 5.56 Å². The predicted octanol–water partition coefficient (Wildman–Crippen LogP) is 3.80. The predicted molar refractivity (Wildman–Crippen MR) is 116 cm³/mol. The minimum absolute atomic E-state index is 0.0203. The molecule has 0 saturated carbocycles. The topological polar surface area (TPSA) is 67.9 Å². The first-order chi connectivity index (χ1) is 14.6. The molecule has 6 heteroatoms. The molecule has 0 aliphatic carbocycles. The number of hydrogen-bond donors (Lipinski definition) is 1. The number of aryl methyl sites for hydroxylation is 1. The van der Waals surface area contributed by atoms with Crippen molar-refractivity contribution in [3.63, 3.8) is 0 Å². The van der Waals surface area contributed by atoms with Crippen molar-refractivity contribution in [3.05, 3.63) is 54.1 Å². The lowest BCUT2D eigenvalue weighted by atomic mass is 10.1. The second kappa shape index (κ2) is 9.30. The summed E-state index contributed by atoms with van der Waals surface area (Å²) in [5, 5.41) is 2.93. The fourth-order valence-electron chi connectivity index (χ4n) is 3.92. The van der Waals surface area contributed by atoms with Crippen LogP contribution in [0.1, 0.15) is 31.7 Å². The van der Waals surface area contributed by atoms with Crippen molar-refractivity contribution in [2.45, 2.75) is 38.7 Å². The molecular weight excluding hydrogens is 380 g/mol. The highest BCUT2D eigenvalue weighted by molar-refractivity contribution is 6.03. The van der Waals surface area contributed by atoms with E-state index in [0.717, 1.165) is 31.6 Å². The maximum Gasteiger partial charge on any atom is 0.229 e. The van der Waals surface area contributed by atoms with Gasteiger partial charge in [-0.25, -0.2) is 0 Å². The zero-order valence-corrected chi connectivity index (χ0v) is 17.3. The minimum Gasteiger partial charge on any atom is -0.491 e. The molecule has 0 bridgehead atoms. The summed E-state index contributed by atoms with van der Waals surface area (Å²) in [6.45, 7) is 3.80. The van der Waals surface area contributed by atoms with Gasteiger partial charge in [-0.1, -0.05) is 25.1 Å². The molecule has 2 aliphatic heterocycles. The van der Waals surface area contributed by atoms with Crippen LogP contribution < -0.4 is 15.0 Å². The van der Waals surface area contributed by atoms with Crippen molar-refractivity contribution in [3.8, 4) is 5.75 Å². The maximum atomic E-state index is 12.8. The van der Waals surface area contributed by atoms with Gasteiger partial charge < -0.3 is 19.7 Å². The van der Waals surface area contributed by atoms with E-state index < -0.39 is 0 Å². The molecule has 0 aromatic heterocycles. The standard InChI is InChI=1S/C24H28N2O4/c1-2-17-8-10-20(11-9-17)26-15-18(13-23(26)27)24(28)25-19-5-3-6-21(14-19)30-16-22-7-4-12-29-22/h3,5-6,8-11,14,18,22H,2,4,7,12-13,15-16H2,1H3,(H,25,28).